The number of fused-ring (bicyclic) bond motifs is 1. The lowest BCUT2D eigenvalue weighted by molar-refractivity contribution is -0.138. The minimum absolute atomic E-state index is 0.153. The van der Waals surface area contributed by atoms with E-state index in [-0.39, 0.29) is 30.2 Å². The van der Waals surface area contributed by atoms with Crippen molar-refractivity contribution in [2.45, 2.75) is 19.6 Å². The Bertz CT molecular complexity index is 2120. The van der Waals surface area contributed by atoms with Gasteiger partial charge in [-0.15, -0.1) is 0 Å². The molecule has 1 aromatic heterocycles. The number of aromatic nitrogens is 1. The largest absolute Gasteiger partial charge is 0.497 e. The number of thiazole rings is 1. The fourth-order valence-corrected chi connectivity index (χ4v) is 6.37. The third-order valence-corrected chi connectivity index (χ3v) is 8.60. The maximum absolute atomic E-state index is 14.3. The Morgan fingerprint density at radius 1 is 0.936 bits per heavy atom. The Balaban J connectivity index is 1.54. The lowest BCUT2D eigenvalue weighted by atomic mass is 9.93. The molecule has 0 saturated carbocycles. The highest BCUT2D eigenvalue weighted by Gasteiger charge is 2.35. The molecule has 47 heavy (non-hydrogen) atoms. The molecule has 238 valence electrons. The van der Waals surface area contributed by atoms with Gasteiger partial charge in [-0.05, 0) is 54.5 Å². The van der Waals surface area contributed by atoms with Gasteiger partial charge in [0.1, 0.15) is 18.2 Å². The molecule has 4 aromatic carbocycles. The Hall–Kier alpha value is -5.48. The SMILES string of the molecule is CCOC(=O)C1=C(c2ccccc2)N=c2s/c(=C\c3cccc(OC)c3OCc3ccc(F)cc3)c(=O)n2[C@@H]1c1ccc(OC)cc1. The van der Waals surface area contributed by atoms with Crippen LogP contribution in [0.4, 0.5) is 4.39 Å². The number of carbonyl (C=O) groups is 1. The normalized spacial score (nSPS) is 14.3. The highest BCUT2D eigenvalue weighted by Crippen LogP contribution is 2.36. The quantitative estimate of drug-likeness (QED) is 0.181. The van der Waals surface area contributed by atoms with E-state index >= 15 is 0 Å². The molecular formula is C37H31FN2O6S. The number of rotatable bonds is 10. The van der Waals surface area contributed by atoms with E-state index in [4.69, 9.17) is 23.9 Å². The number of hydrogen-bond donors (Lipinski definition) is 0. The molecule has 1 aliphatic heterocycles. The topological polar surface area (TPSA) is 88.4 Å². The number of hydrogen-bond acceptors (Lipinski definition) is 8. The van der Waals surface area contributed by atoms with Crippen LogP contribution in [0, 0.1) is 5.82 Å². The summed E-state index contributed by atoms with van der Waals surface area (Å²) in [5, 5.41) is 0. The van der Waals surface area contributed by atoms with Crippen molar-refractivity contribution in [2.24, 2.45) is 4.99 Å². The first-order valence-electron chi connectivity index (χ1n) is 14.9. The number of ether oxygens (including phenoxy) is 4. The number of esters is 1. The number of benzene rings is 4. The van der Waals surface area contributed by atoms with Gasteiger partial charge < -0.3 is 18.9 Å². The monoisotopic (exact) mass is 650 g/mol. The second-order valence-electron chi connectivity index (χ2n) is 10.5. The molecule has 0 spiro atoms. The lowest BCUT2D eigenvalue weighted by Gasteiger charge is -2.26. The summed E-state index contributed by atoms with van der Waals surface area (Å²) in [6.45, 7) is 2.05. The zero-order valence-electron chi connectivity index (χ0n) is 25.9. The molecule has 1 atom stereocenters. The van der Waals surface area contributed by atoms with E-state index in [9.17, 15) is 14.0 Å². The van der Waals surface area contributed by atoms with E-state index in [0.717, 1.165) is 11.1 Å². The predicted octanol–water partition coefficient (Wildman–Crippen LogP) is 5.67. The summed E-state index contributed by atoms with van der Waals surface area (Å²) in [6, 6.07) is 27.2. The Morgan fingerprint density at radius 2 is 1.68 bits per heavy atom. The van der Waals surface area contributed by atoms with Crippen LogP contribution in [-0.2, 0) is 16.1 Å². The van der Waals surface area contributed by atoms with E-state index < -0.39 is 12.0 Å². The summed E-state index contributed by atoms with van der Waals surface area (Å²) < 4.78 is 38.1. The van der Waals surface area contributed by atoms with Crippen molar-refractivity contribution < 1.29 is 28.1 Å². The zero-order chi connectivity index (χ0) is 32.9. The van der Waals surface area contributed by atoms with Crippen LogP contribution in [0.1, 0.15) is 35.2 Å². The molecular weight excluding hydrogens is 619 g/mol. The molecule has 0 fully saturated rings. The zero-order valence-corrected chi connectivity index (χ0v) is 26.8. The van der Waals surface area contributed by atoms with Crippen LogP contribution in [-0.4, -0.2) is 31.4 Å². The maximum atomic E-state index is 14.3. The van der Waals surface area contributed by atoms with Crippen LogP contribution in [0.3, 0.4) is 0 Å². The summed E-state index contributed by atoms with van der Waals surface area (Å²) in [4.78, 5) is 33.4. The summed E-state index contributed by atoms with van der Waals surface area (Å²) in [7, 11) is 3.11. The number of carbonyl (C=O) groups excluding carboxylic acids is 1. The number of halogens is 1. The molecule has 8 nitrogen and oxygen atoms in total. The van der Waals surface area contributed by atoms with Gasteiger partial charge >= 0.3 is 5.97 Å². The van der Waals surface area contributed by atoms with Gasteiger partial charge in [-0.25, -0.2) is 14.2 Å². The van der Waals surface area contributed by atoms with Crippen molar-refractivity contribution in [3.8, 4) is 17.2 Å². The van der Waals surface area contributed by atoms with Crippen LogP contribution < -0.4 is 29.1 Å². The van der Waals surface area contributed by atoms with Gasteiger partial charge in [-0.2, -0.15) is 0 Å². The molecule has 2 heterocycles. The van der Waals surface area contributed by atoms with E-state index in [2.05, 4.69) is 0 Å². The van der Waals surface area contributed by atoms with Gasteiger partial charge in [-0.3, -0.25) is 9.36 Å². The standard InChI is InChI=1S/C37H31FN2O6S/c1-4-45-36(42)31-32(24-9-6-5-7-10-24)39-37-40(33(31)25-15-19-28(43-2)20-16-25)35(41)30(47-37)21-26-11-8-12-29(44-3)34(26)46-22-23-13-17-27(38)18-14-23/h5-21,33H,4,22H2,1-3H3/b30-21-/t33-/m1/s1. The minimum Gasteiger partial charge on any atom is -0.497 e. The third kappa shape index (κ3) is 6.45. The highest BCUT2D eigenvalue weighted by atomic mass is 32.1. The van der Waals surface area contributed by atoms with Crippen molar-refractivity contribution in [1.82, 2.24) is 4.57 Å². The molecule has 0 N–H and O–H groups in total. The van der Waals surface area contributed by atoms with Gasteiger partial charge in [0.25, 0.3) is 5.56 Å². The molecule has 0 radical (unpaired) electrons. The lowest BCUT2D eigenvalue weighted by Crippen LogP contribution is -2.40. The van der Waals surface area contributed by atoms with Crippen molar-refractivity contribution in [2.75, 3.05) is 20.8 Å². The van der Waals surface area contributed by atoms with Gasteiger partial charge in [0.15, 0.2) is 16.3 Å². The molecule has 10 heteroatoms. The molecule has 0 amide bonds. The molecule has 5 aromatic rings. The number of nitrogens with zero attached hydrogens (tertiary/aromatic N) is 2. The molecule has 6 rings (SSSR count). The maximum Gasteiger partial charge on any atom is 0.338 e. The smallest absolute Gasteiger partial charge is 0.338 e. The van der Waals surface area contributed by atoms with Crippen molar-refractivity contribution >= 4 is 29.1 Å². The average molecular weight is 651 g/mol. The predicted molar refractivity (Wildman–Crippen MR) is 178 cm³/mol. The van der Waals surface area contributed by atoms with Crippen LogP contribution in [0.15, 0.2) is 112 Å². The van der Waals surface area contributed by atoms with Crippen molar-refractivity contribution in [3.05, 3.63) is 150 Å². The van der Waals surface area contributed by atoms with E-state index in [1.807, 2.05) is 48.5 Å². The van der Waals surface area contributed by atoms with Crippen LogP contribution >= 0.6 is 11.3 Å². The summed E-state index contributed by atoms with van der Waals surface area (Å²) >= 11 is 1.21. The summed E-state index contributed by atoms with van der Waals surface area (Å²) in [6.07, 6.45) is 1.73. The first-order chi connectivity index (χ1) is 22.9. The van der Waals surface area contributed by atoms with Crippen LogP contribution in [0.5, 0.6) is 17.2 Å². The van der Waals surface area contributed by atoms with E-state index in [0.29, 0.717) is 43.4 Å². The van der Waals surface area contributed by atoms with E-state index in [1.54, 1.807) is 56.5 Å². The number of methoxy groups -OCH3 is 2. The molecule has 0 aliphatic carbocycles. The Kier molecular flexibility index (Phi) is 9.30. The van der Waals surface area contributed by atoms with Gasteiger partial charge in [-0.1, -0.05) is 78.1 Å². The fraction of sp³-hybridized carbons (Fsp3) is 0.162. The van der Waals surface area contributed by atoms with Crippen molar-refractivity contribution in [3.63, 3.8) is 0 Å². The van der Waals surface area contributed by atoms with Crippen LogP contribution in [0.25, 0.3) is 11.8 Å². The molecule has 0 saturated heterocycles. The van der Waals surface area contributed by atoms with Gasteiger partial charge in [0.05, 0.1) is 42.7 Å². The number of para-hydroxylation sites is 1. The highest BCUT2D eigenvalue weighted by molar-refractivity contribution is 7.07. The second kappa shape index (κ2) is 13.9. The van der Waals surface area contributed by atoms with Crippen LogP contribution in [0.2, 0.25) is 0 Å². The van der Waals surface area contributed by atoms with Gasteiger partial charge in [0.2, 0.25) is 0 Å². The molecule has 1 aliphatic rings. The second-order valence-corrected chi connectivity index (χ2v) is 11.5. The summed E-state index contributed by atoms with van der Waals surface area (Å²) in [5.41, 5.74) is 3.13. The Labute approximate surface area is 274 Å². The van der Waals surface area contributed by atoms with E-state index in [1.165, 1.54) is 35.1 Å². The third-order valence-electron chi connectivity index (χ3n) is 7.62. The average Bonchev–Trinajstić information content (AvgIpc) is 3.41. The molecule has 0 unspecified atom stereocenters. The first-order valence-corrected chi connectivity index (χ1v) is 15.7. The Morgan fingerprint density at radius 3 is 2.36 bits per heavy atom. The summed E-state index contributed by atoms with van der Waals surface area (Å²) in [5.74, 6) is 0.637. The van der Waals surface area contributed by atoms with Gasteiger partial charge in [0, 0.05) is 11.1 Å². The molecule has 0 bridgehead atoms. The first kappa shape index (κ1) is 31.5. The fourth-order valence-electron chi connectivity index (χ4n) is 5.38. The minimum atomic E-state index is -0.826. The van der Waals surface area contributed by atoms with Crippen molar-refractivity contribution in [1.29, 1.82) is 0 Å².